The van der Waals surface area contributed by atoms with E-state index >= 15 is 0 Å². The summed E-state index contributed by atoms with van der Waals surface area (Å²) in [6.45, 7) is 3.88. The number of carbonyl (C=O) groups excluding carboxylic acids is 1. The van der Waals surface area contributed by atoms with Gasteiger partial charge in [-0.25, -0.2) is 0 Å². The maximum atomic E-state index is 10.9. The van der Waals surface area contributed by atoms with E-state index in [0.717, 1.165) is 25.9 Å². The van der Waals surface area contributed by atoms with Crippen LogP contribution in [0.4, 0.5) is 0 Å². The van der Waals surface area contributed by atoms with Crippen molar-refractivity contribution in [2.75, 3.05) is 20.1 Å². The zero-order chi connectivity index (χ0) is 7.56. The third kappa shape index (κ3) is 1.81. The van der Waals surface area contributed by atoms with Gasteiger partial charge < -0.3 is 4.90 Å². The van der Waals surface area contributed by atoms with Gasteiger partial charge in [-0.1, -0.05) is 0 Å². The maximum absolute atomic E-state index is 10.9. The maximum Gasteiger partial charge on any atom is 0.133 e. The fourth-order valence-corrected chi connectivity index (χ4v) is 1.42. The summed E-state index contributed by atoms with van der Waals surface area (Å²) in [5.41, 5.74) is 0. The molecule has 0 bridgehead atoms. The summed E-state index contributed by atoms with van der Waals surface area (Å²) in [7, 11) is 2.11. The van der Waals surface area contributed by atoms with Crippen molar-refractivity contribution in [3.05, 3.63) is 0 Å². The average molecular weight is 141 g/mol. The second kappa shape index (κ2) is 3.15. The van der Waals surface area contributed by atoms with E-state index < -0.39 is 0 Å². The summed E-state index contributed by atoms with van der Waals surface area (Å²) in [4.78, 5) is 13.2. The summed E-state index contributed by atoms with van der Waals surface area (Å²) in [6.07, 6.45) is 2.12. The molecule has 1 saturated heterocycles. The van der Waals surface area contributed by atoms with Crippen molar-refractivity contribution in [3.8, 4) is 0 Å². The van der Waals surface area contributed by atoms with Gasteiger partial charge in [0.05, 0.1) is 0 Å². The highest BCUT2D eigenvalue weighted by molar-refractivity contribution is 5.78. The van der Waals surface area contributed by atoms with Crippen LogP contribution in [0.15, 0.2) is 0 Å². The first-order valence-corrected chi connectivity index (χ1v) is 3.89. The number of piperidine rings is 1. The number of hydrogen-bond donors (Lipinski definition) is 0. The number of likely N-dealkylation sites (tertiary alicyclic amines) is 1. The van der Waals surface area contributed by atoms with Gasteiger partial charge >= 0.3 is 0 Å². The number of ketones is 1. The van der Waals surface area contributed by atoms with Gasteiger partial charge in [0.15, 0.2) is 0 Å². The van der Waals surface area contributed by atoms with Crippen molar-refractivity contribution in [3.63, 3.8) is 0 Å². The Bertz CT molecular complexity index is 125. The van der Waals surface area contributed by atoms with Gasteiger partial charge in [0.2, 0.25) is 0 Å². The van der Waals surface area contributed by atoms with Crippen molar-refractivity contribution < 1.29 is 4.79 Å². The standard InChI is InChI=1S/C8H15NO/c1-7(10)8-3-5-9(2)6-4-8/h8H,3-6H2,1-2H3. The van der Waals surface area contributed by atoms with Crippen LogP contribution < -0.4 is 0 Å². The van der Waals surface area contributed by atoms with Crippen LogP contribution in [-0.2, 0) is 4.79 Å². The molecular weight excluding hydrogens is 126 g/mol. The molecule has 1 rings (SSSR count). The first kappa shape index (κ1) is 7.73. The highest BCUT2D eigenvalue weighted by atomic mass is 16.1. The number of hydrogen-bond acceptors (Lipinski definition) is 2. The number of Topliss-reactive ketones (excluding diaryl/α,β-unsaturated/α-hetero) is 1. The van der Waals surface area contributed by atoms with E-state index in [1.807, 2.05) is 0 Å². The van der Waals surface area contributed by atoms with Gasteiger partial charge in [0.1, 0.15) is 5.78 Å². The van der Waals surface area contributed by atoms with Crippen LogP contribution in [0.25, 0.3) is 0 Å². The molecule has 0 unspecified atom stereocenters. The molecular formula is C8H15NO. The van der Waals surface area contributed by atoms with E-state index in [-0.39, 0.29) is 0 Å². The number of carbonyl (C=O) groups is 1. The van der Waals surface area contributed by atoms with Gasteiger partial charge in [-0.3, -0.25) is 4.79 Å². The Labute approximate surface area is 62.2 Å². The van der Waals surface area contributed by atoms with Gasteiger partial charge in [0.25, 0.3) is 0 Å². The molecule has 0 N–H and O–H groups in total. The van der Waals surface area contributed by atoms with E-state index in [2.05, 4.69) is 11.9 Å². The second-order valence-electron chi connectivity index (χ2n) is 3.19. The quantitative estimate of drug-likeness (QED) is 0.541. The molecule has 10 heavy (non-hydrogen) atoms. The van der Waals surface area contributed by atoms with Crippen LogP contribution in [-0.4, -0.2) is 30.8 Å². The molecule has 0 amide bonds. The summed E-state index contributed by atoms with van der Waals surface area (Å²) >= 11 is 0. The lowest BCUT2D eigenvalue weighted by atomic mass is 9.94. The van der Waals surface area contributed by atoms with Crippen molar-refractivity contribution in [2.24, 2.45) is 5.92 Å². The van der Waals surface area contributed by atoms with Crippen LogP contribution >= 0.6 is 0 Å². The van der Waals surface area contributed by atoms with Crippen LogP contribution in [0.5, 0.6) is 0 Å². The smallest absolute Gasteiger partial charge is 0.133 e. The Morgan fingerprint density at radius 2 is 1.90 bits per heavy atom. The molecule has 0 spiro atoms. The fourth-order valence-electron chi connectivity index (χ4n) is 1.42. The molecule has 1 aliphatic heterocycles. The number of nitrogens with zero attached hydrogens (tertiary/aromatic N) is 1. The SMILES string of the molecule is CC(=O)C1CCN(C)CC1. The molecule has 2 nitrogen and oxygen atoms in total. The minimum Gasteiger partial charge on any atom is -0.306 e. The zero-order valence-electron chi connectivity index (χ0n) is 6.76. The minimum atomic E-state index is 0.358. The lowest BCUT2D eigenvalue weighted by Crippen LogP contribution is -2.32. The monoisotopic (exact) mass is 141 g/mol. The molecule has 1 fully saturated rings. The van der Waals surface area contributed by atoms with Gasteiger partial charge in [-0.2, -0.15) is 0 Å². The van der Waals surface area contributed by atoms with Crippen LogP contribution in [0.3, 0.4) is 0 Å². The third-order valence-electron chi connectivity index (χ3n) is 2.29. The molecule has 0 aliphatic carbocycles. The second-order valence-corrected chi connectivity index (χ2v) is 3.19. The molecule has 0 atom stereocenters. The first-order chi connectivity index (χ1) is 4.70. The molecule has 0 aromatic carbocycles. The Balaban J connectivity index is 2.33. The molecule has 58 valence electrons. The Kier molecular flexibility index (Phi) is 2.44. The molecule has 1 aliphatic rings. The van der Waals surface area contributed by atoms with Crippen molar-refractivity contribution in [1.29, 1.82) is 0 Å². The van der Waals surface area contributed by atoms with Crippen LogP contribution in [0.2, 0.25) is 0 Å². The topological polar surface area (TPSA) is 20.3 Å². The lowest BCUT2D eigenvalue weighted by Gasteiger charge is -2.26. The molecule has 0 aromatic heterocycles. The van der Waals surface area contributed by atoms with E-state index in [4.69, 9.17) is 0 Å². The predicted octanol–water partition coefficient (Wildman–Crippen LogP) is 0.917. The highest BCUT2D eigenvalue weighted by Gasteiger charge is 2.19. The lowest BCUT2D eigenvalue weighted by molar-refractivity contribution is -0.121. The molecule has 0 radical (unpaired) electrons. The largest absolute Gasteiger partial charge is 0.306 e. The van der Waals surface area contributed by atoms with E-state index in [9.17, 15) is 4.79 Å². The summed E-state index contributed by atoms with van der Waals surface area (Å²) < 4.78 is 0. The van der Waals surface area contributed by atoms with Gasteiger partial charge in [-0.15, -0.1) is 0 Å². The Morgan fingerprint density at radius 1 is 1.40 bits per heavy atom. The van der Waals surface area contributed by atoms with E-state index in [0.29, 0.717) is 11.7 Å². The average Bonchev–Trinajstić information content (AvgIpc) is 1.88. The normalized spacial score (nSPS) is 23.0. The van der Waals surface area contributed by atoms with Crippen LogP contribution in [0, 0.1) is 5.92 Å². The van der Waals surface area contributed by atoms with Crippen molar-refractivity contribution in [1.82, 2.24) is 4.90 Å². The molecule has 0 saturated carbocycles. The summed E-state index contributed by atoms with van der Waals surface area (Å²) in [5.74, 6) is 0.726. The Morgan fingerprint density at radius 3 is 2.30 bits per heavy atom. The third-order valence-corrected chi connectivity index (χ3v) is 2.29. The minimum absolute atomic E-state index is 0.358. The molecule has 1 heterocycles. The zero-order valence-corrected chi connectivity index (χ0v) is 6.76. The van der Waals surface area contributed by atoms with Gasteiger partial charge in [0, 0.05) is 5.92 Å². The summed E-state index contributed by atoms with van der Waals surface area (Å²) in [6, 6.07) is 0. The van der Waals surface area contributed by atoms with E-state index in [1.54, 1.807) is 6.92 Å². The van der Waals surface area contributed by atoms with Crippen molar-refractivity contribution in [2.45, 2.75) is 19.8 Å². The fraction of sp³-hybridized carbons (Fsp3) is 0.875. The number of rotatable bonds is 1. The first-order valence-electron chi connectivity index (χ1n) is 3.89. The van der Waals surface area contributed by atoms with Crippen LogP contribution in [0.1, 0.15) is 19.8 Å². The molecule has 2 heteroatoms. The summed E-state index contributed by atoms with van der Waals surface area (Å²) in [5, 5.41) is 0. The van der Waals surface area contributed by atoms with Crippen molar-refractivity contribution >= 4 is 5.78 Å². The van der Waals surface area contributed by atoms with Gasteiger partial charge in [-0.05, 0) is 39.9 Å². The highest BCUT2D eigenvalue weighted by Crippen LogP contribution is 2.15. The predicted molar refractivity (Wildman–Crippen MR) is 40.9 cm³/mol. The molecule has 0 aromatic rings. The van der Waals surface area contributed by atoms with E-state index in [1.165, 1.54) is 0 Å². The Hall–Kier alpha value is -0.370.